The Labute approximate surface area is 215 Å². The molecule has 36 heavy (non-hydrogen) atoms. The summed E-state index contributed by atoms with van der Waals surface area (Å²) in [7, 11) is -0.719. The van der Waals surface area contributed by atoms with Crippen LogP contribution in [0.5, 0.6) is 5.75 Å². The Hall–Kier alpha value is -2.23. The molecule has 8 heteroatoms. The highest BCUT2D eigenvalue weighted by molar-refractivity contribution is 6.77. The van der Waals surface area contributed by atoms with Gasteiger partial charge in [0.25, 0.3) is 0 Å². The summed E-state index contributed by atoms with van der Waals surface area (Å²) in [5, 5.41) is 23.0. The van der Waals surface area contributed by atoms with E-state index >= 15 is 0 Å². The number of benzene rings is 2. The fraction of sp³-hybridized carbons (Fsp3) is 0.536. The lowest BCUT2D eigenvalue weighted by molar-refractivity contribution is -0.239. The molecule has 1 aliphatic rings. The van der Waals surface area contributed by atoms with E-state index in [4.69, 9.17) is 18.6 Å². The molecule has 1 fully saturated rings. The number of aliphatic hydroxyl groups is 2. The van der Waals surface area contributed by atoms with Gasteiger partial charge in [0.05, 0.1) is 19.3 Å². The Kier molecular flexibility index (Phi) is 9.00. The van der Waals surface area contributed by atoms with Gasteiger partial charge in [0.2, 0.25) is 5.79 Å². The maximum Gasteiger partial charge on any atom is 0.338 e. The van der Waals surface area contributed by atoms with Crippen LogP contribution in [0.1, 0.15) is 57.5 Å². The largest absolute Gasteiger partial charge is 0.497 e. The Balaban J connectivity index is 1.93. The van der Waals surface area contributed by atoms with Gasteiger partial charge in [0, 0.05) is 5.56 Å². The van der Waals surface area contributed by atoms with Crippen LogP contribution in [0.15, 0.2) is 54.6 Å². The van der Waals surface area contributed by atoms with Gasteiger partial charge < -0.3 is 28.8 Å². The van der Waals surface area contributed by atoms with E-state index in [1.54, 1.807) is 61.7 Å². The molecule has 198 valence electrons. The SMILES string of the molecule is COc1ccc([C@@]2(O)O[C@@H](CO[Si](C(C)C)(C(C)C)C(C)C)[C@H](O)[C@H]2OC(=O)c2ccccc2)cc1. The van der Waals surface area contributed by atoms with E-state index < -0.39 is 38.4 Å². The van der Waals surface area contributed by atoms with E-state index in [1.165, 1.54) is 0 Å². The summed E-state index contributed by atoms with van der Waals surface area (Å²) in [5.74, 6) is -2.13. The molecule has 2 aromatic rings. The molecule has 1 aliphatic heterocycles. The molecule has 0 aliphatic carbocycles. The number of methoxy groups -OCH3 is 1. The van der Waals surface area contributed by atoms with Gasteiger partial charge in [-0.05, 0) is 53.0 Å². The predicted octanol–water partition coefficient (Wildman–Crippen LogP) is 5.02. The van der Waals surface area contributed by atoms with Crippen molar-refractivity contribution in [2.75, 3.05) is 13.7 Å². The average molecular weight is 517 g/mol. The fourth-order valence-electron chi connectivity index (χ4n) is 5.62. The first kappa shape index (κ1) is 28.3. The summed E-state index contributed by atoms with van der Waals surface area (Å²) in [6.07, 6.45) is -3.56. The number of carbonyl (C=O) groups excluding carboxylic acids is 1. The van der Waals surface area contributed by atoms with Crippen LogP contribution in [-0.4, -0.2) is 56.5 Å². The van der Waals surface area contributed by atoms with Gasteiger partial charge in [0.1, 0.15) is 18.0 Å². The minimum atomic E-state index is -2.27. The normalized spacial score (nSPS) is 24.5. The summed E-state index contributed by atoms with van der Waals surface area (Å²) in [5.41, 5.74) is 1.66. The average Bonchev–Trinajstić information content (AvgIpc) is 3.09. The van der Waals surface area contributed by atoms with E-state index in [2.05, 4.69) is 41.5 Å². The molecule has 0 amide bonds. The lowest BCUT2D eigenvalue weighted by atomic mass is 9.97. The zero-order valence-corrected chi connectivity index (χ0v) is 23.3. The number of esters is 1. The standard InChI is InChI=1S/C28H40O7Si/c1-18(2)36(19(3)4,20(5)6)33-17-24-25(29)26(34-27(30)21-11-9-8-10-12-21)28(31,35-24)22-13-15-23(32-7)16-14-22/h8-16,18-20,24-26,29,31H,17H2,1-7H3/t24-,25-,26+,28+/m0/s1. The molecule has 0 aromatic heterocycles. The van der Waals surface area contributed by atoms with Gasteiger partial charge in [0.15, 0.2) is 14.4 Å². The quantitative estimate of drug-likeness (QED) is 0.338. The van der Waals surface area contributed by atoms with Gasteiger partial charge >= 0.3 is 5.97 Å². The molecule has 4 atom stereocenters. The van der Waals surface area contributed by atoms with Crippen LogP contribution in [0.4, 0.5) is 0 Å². The molecule has 1 saturated heterocycles. The molecule has 0 bridgehead atoms. The van der Waals surface area contributed by atoms with Crippen molar-refractivity contribution in [1.29, 1.82) is 0 Å². The Morgan fingerprint density at radius 1 is 0.972 bits per heavy atom. The minimum Gasteiger partial charge on any atom is -0.497 e. The van der Waals surface area contributed by atoms with Crippen molar-refractivity contribution in [2.45, 2.75) is 82.3 Å². The van der Waals surface area contributed by atoms with Crippen LogP contribution in [0.2, 0.25) is 16.6 Å². The van der Waals surface area contributed by atoms with Gasteiger partial charge in [-0.25, -0.2) is 4.79 Å². The van der Waals surface area contributed by atoms with E-state index in [0.29, 0.717) is 33.5 Å². The van der Waals surface area contributed by atoms with E-state index in [-0.39, 0.29) is 6.61 Å². The minimum absolute atomic E-state index is 0.0831. The number of carbonyl (C=O) groups is 1. The lowest BCUT2D eigenvalue weighted by Gasteiger charge is -2.42. The zero-order chi connectivity index (χ0) is 26.7. The predicted molar refractivity (Wildman–Crippen MR) is 140 cm³/mol. The van der Waals surface area contributed by atoms with Gasteiger partial charge in [-0.2, -0.15) is 0 Å². The number of hydrogen-bond donors (Lipinski definition) is 2. The van der Waals surface area contributed by atoms with Gasteiger partial charge in [-0.15, -0.1) is 0 Å². The third-order valence-electron chi connectivity index (χ3n) is 7.36. The number of ether oxygens (including phenoxy) is 3. The third-order valence-corrected chi connectivity index (χ3v) is 13.4. The molecular formula is C28H40O7Si. The van der Waals surface area contributed by atoms with Crippen LogP contribution in [0, 0.1) is 0 Å². The van der Waals surface area contributed by atoms with E-state index in [9.17, 15) is 15.0 Å². The number of rotatable bonds is 10. The highest BCUT2D eigenvalue weighted by atomic mass is 28.4. The Morgan fingerprint density at radius 2 is 1.53 bits per heavy atom. The van der Waals surface area contributed by atoms with Crippen LogP contribution >= 0.6 is 0 Å². The molecule has 2 N–H and O–H groups in total. The van der Waals surface area contributed by atoms with Crippen molar-refractivity contribution in [1.82, 2.24) is 0 Å². The fourth-order valence-corrected chi connectivity index (χ4v) is 11.1. The topological polar surface area (TPSA) is 94.5 Å². The molecule has 2 aromatic carbocycles. The molecule has 0 spiro atoms. The van der Waals surface area contributed by atoms with Crippen molar-refractivity contribution in [3.8, 4) is 5.75 Å². The van der Waals surface area contributed by atoms with Crippen LogP contribution in [0.25, 0.3) is 0 Å². The van der Waals surface area contributed by atoms with E-state index in [1.807, 2.05) is 0 Å². The smallest absolute Gasteiger partial charge is 0.338 e. The van der Waals surface area contributed by atoms with Crippen molar-refractivity contribution in [3.05, 3.63) is 65.7 Å². The van der Waals surface area contributed by atoms with Crippen LogP contribution in [-0.2, 0) is 19.7 Å². The maximum atomic E-state index is 12.9. The second-order valence-electron chi connectivity index (χ2n) is 10.4. The highest BCUT2D eigenvalue weighted by Gasteiger charge is 2.58. The van der Waals surface area contributed by atoms with Crippen molar-refractivity contribution in [2.24, 2.45) is 0 Å². The van der Waals surface area contributed by atoms with Gasteiger partial charge in [-0.3, -0.25) is 0 Å². The summed E-state index contributed by atoms with van der Waals surface area (Å²) < 4.78 is 23.7. The number of aliphatic hydroxyl groups excluding tert-OH is 1. The first-order chi connectivity index (χ1) is 17.0. The Morgan fingerprint density at radius 3 is 2.03 bits per heavy atom. The summed E-state index contributed by atoms with van der Waals surface area (Å²) in [6.45, 7) is 13.1. The molecule has 0 saturated carbocycles. The molecule has 3 rings (SSSR count). The first-order valence-electron chi connectivity index (χ1n) is 12.6. The van der Waals surface area contributed by atoms with Gasteiger partial charge in [-0.1, -0.05) is 59.7 Å². The number of hydrogen-bond acceptors (Lipinski definition) is 7. The molecule has 1 heterocycles. The van der Waals surface area contributed by atoms with Crippen molar-refractivity contribution >= 4 is 14.3 Å². The summed E-state index contributed by atoms with van der Waals surface area (Å²) >= 11 is 0. The first-order valence-corrected chi connectivity index (χ1v) is 14.7. The maximum absolute atomic E-state index is 12.9. The molecule has 0 radical (unpaired) electrons. The molecule has 0 unspecified atom stereocenters. The van der Waals surface area contributed by atoms with Crippen molar-refractivity contribution in [3.63, 3.8) is 0 Å². The summed E-state index contributed by atoms with van der Waals surface area (Å²) in [6, 6.07) is 15.1. The van der Waals surface area contributed by atoms with Crippen molar-refractivity contribution < 1.29 is 33.6 Å². The second kappa shape index (κ2) is 11.4. The molecular weight excluding hydrogens is 476 g/mol. The lowest BCUT2D eigenvalue weighted by Crippen LogP contribution is -2.50. The third kappa shape index (κ3) is 5.38. The summed E-state index contributed by atoms with van der Waals surface area (Å²) in [4.78, 5) is 12.9. The highest BCUT2D eigenvalue weighted by Crippen LogP contribution is 2.45. The van der Waals surface area contributed by atoms with E-state index in [0.717, 1.165) is 0 Å². The van der Waals surface area contributed by atoms with Crippen LogP contribution < -0.4 is 4.74 Å². The monoisotopic (exact) mass is 516 g/mol. The molecule has 7 nitrogen and oxygen atoms in total. The zero-order valence-electron chi connectivity index (χ0n) is 22.3. The van der Waals surface area contributed by atoms with Crippen LogP contribution in [0.3, 0.4) is 0 Å². The second-order valence-corrected chi connectivity index (χ2v) is 15.9. The Bertz CT molecular complexity index is 971.